The van der Waals surface area contributed by atoms with E-state index in [-0.39, 0.29) is 6.04 Å². The SMILES string of the molecule is CCC(N)c1cccc(-n2nc(C)c(C)c2C)c1. The number of rotatable bonds is 3. The van der Waals surface area contributed by atoms with Gasteiger partial charge in [0.2, 0.25) is 0 Å². The number of hydrogen-bond donors (Lipinski definition) is 1. The second-order valence-electron chi connectivity index (χ2n) is 4.82. The van der Waals surface area contributed by atoms with Gasteiger partial charge >= 0.3 is 0 Å². The molecule has 2 aromatic rings. The van der Waals surface area contributed by atoms with Gasteiger partial charge in [0.05, 0.1) is 11.4 Å². The maximum absolute atomic E-state index is 6.08. The molecule has 0 fully saturated rings. The molecule has 2 N–H and O–H groups in total. The standard InChI is InChI=1S/C15H21N3/c1-5-15(16)13-7-6-8-14(9-13)18-12(4)10(2)11(3)17-18/h6-9,15H,5,16H2,1-4H3. The third-order valence-corrected chi connectivity index (χ3v) is 3.64. The van der Waals surface area contributed by atoms with E-state index in [9.17, 15) is 0 Å². The lowest BCUT2D eigenvalue weighted by atomic mass is 10.0. The fraction of sp³-hybridized carbons (Fsp3) is 0.400. The van der Waals surface area contributed by atoms with Crippen LogP contribution in [0.2, 0.25) is 0 Å². The van der Waals surface area contributed by atoms with Crippen LogP contribution in [-0.2, 0) is 0 Å². The molecule has 0 radical (unpaired) electrons. The van der Waals surface area contributed by atoms with Gasteiger partial charge in [-0.05, 0) is 50.5 Å². The van der Waals surface area contributed by atoms with Crippen molar-refractivity contribution in [1.29, 1.82) is 0 Å². The fourth-order valence-electron chi connectivity index (χ4n) is 2.09. The van der Waals surface area contributed by atoms with Crippen LogP contribution in [0.1, 0.15) is 41.9 Å². The summed E-state index contributed by atoms with van der Waals surface area (Å²) in [5, 5.41) is 4.58. The summed E-state index contributed by atoms with van der Waals surface area (Å²) in [4.78, 5) is 0. The Morgan fingerprint density at radius 2 is 2.00 bits per heavy atom. The Morgan fingerprint density at radius 3 is 2.56 bits per heavy atom. The van der Waals surface area contributed by atoms with Crippen molar-refractivity contribution in [2.75, 3.05) is 0 Å². The van der Waals surface area contributed by atoms with Crippen LogP contribution in [0.5, 0.6) is 0 Å². The lowest BCUT2D eigenvalue weighted by Crippen LogP contribution is -2.09. The summed E-state index contributed by atoms with van der Waals surface area (Å²) in [6.45, 7) is 8.35. The third-order valence-electron chi connectivity index (χ3n) is 3.64. The summed E-state index contributed by atoms with van der Waals surface area (Å²) in [6.07, 6.45) is 0.944. The minimum atomic E-state index is 0.100. The fourth-order valence-corrected chi connectivity index (χ4v) is 2.09. The monoisotopic (exact) mass is 243 g/mol. The largest absolute Gasteiger partial charge is 0.324 e. The van der Waals surface area contributed by atoms with Gasteiger partial charge in [0.1, 0.15) is 0 Å². The molecule has 1 unspecified atom stereocenters. The first-order valence-corrected chi connectivity index (χ1v) is 6.43. The Kier molecular flexibility index (Phi) is 3.53. The molecule has 2 rings (SSSR count). The molecule has 3 heteroatoms. The van der Waals surface area contributed by atoms with Crippen LogP contribution in [0.15, 0.2) is 24.3 Å². The van der Waals surface area contributed by atoms with Crippen molar-refractivity contribution >= 4 is 0 Å². The predicted molar refractivity (Wildman–Crippen MR) is 75.0 cm³/mol. The van der Waals surface area contributed by atoms with Crippen molar-refractivity contribution in [1.82, 2.24) is 9.78 Å². The maximum Gasteiger partial charge on any atom is 0.0652 e. The van der Waals surface area contributed by atoms with Crippen LogP contribution in [0.4, 0.5) is 0 Å². The van der Waals surface area contributed by atoms with E-state index in [4.69, 9.17) is 5.73 Å². The van der Waals surface area contributed by atoms with E-state index in [1.54, 1.807) is 0 Å². The zero-order valence-corrected chi connectivity index (χ0v) is 11.6. The molecule has 0 aliphatic rings. The molecule has 1 atom stereocenters. The smallest absolute Gasteiger partial charge is 0.0652 e. The van der Waals surface area contributed by atoms with Gasteiger partial charge in [0.15, 0.2) is 0 Å². The normalized spacial score (nSPS) is 12.7. The number of benzene rings is 1. The van der Waals surface area contributed by atoms with E-state index in [0.29, 0.717) is 0 Å². The molecule has 0 spiro atoms. The molecule has 0 aliphatic carbocycles. The minimum absolute atomic E-state index is 0.100. The molecule has 0 aliphatic heterocycles. The summed E-state index contributed by atoms with van der Waals surface area (Å²) >= 11 is 0. The van der Waals surface area contributed by atoms with Crippen LogP contribution in [-0.4, -0.2) is 9.78 Å². The summed E-state index contributed by atoms with van der Waals surface area (Å²) in [7, 11) is 0. The molecule has 0 bridgehead atoms. The molecular formula is C15H21N3. The molecule has 1 aromatic carbocycles. The number of aromatic nitrogens is 2. The van der Waals surface area contributed by atoms with E-state index in [1.165, 1.54) is 16.8 Å². The molecule has 0 saturated heterocycles. The molecule has 18 heavy (non-hydrogen) atoms. The first-order chi connectivity index (χ1) is 8.54. The highest BCUT2D eigenvalue weighted by atomic mass is 15.3. The zero-order chi connectivity index (χ0) is 13.3. The van der Waals surface area contributed by atoms with Crippen LogP contribution in [0, 0.1) is 20.8 Å². The van der Waals surface area contributed by atoms with Gasteiger partial charge < -0.3 is 5.73 Å². The van der Waals surface area contributed by atoms with Gasteiger partial charge in [0, 0.05) is 11.7 Å². The lowest BCUT2D eigenvalue weighted by molar-refractivity contribution is 0.696. The first-order valence-electron chi connectivity index (χ1n) is 6.43. The Bertz CT molecular complexity index is 555. The number of nitrogens with zero attached hydrogens (tertiary/aromatic N) is 2. The Hall–Kier alpha value is -1.61. The maximum atomic E-state index is 6.08. The molecule has 3 nitrogen and oxygen atoms in total. The average molecular weight is 243 g/mol. The highest BCUT2D eigenvalue weighted by molar-refractivity contribution is 5.40. The highest BCUT2D eigenvalue weighted by Crippen LogP contribution is 2.20. The molecular weight excluding hydrogens is 222 g/mol. The highest BCUT2D eigenvalue weighted by Gasteiger charge is 2.10. The lowest BCUT2D eigenvalue weighted by Gasteiger charge is -2.11. The number of nitrogens with two attached hydrogens (primary N) is 1. The van der Waals surface area contributed by atoms with Crippen molar-refractivity contribution in [3.05, 3.63) is 46.8 Å². The summed E-state index contributed by atoms with van der Waals surface area (Å²) in [5.74, 6) is 0. The first kappa shape index (κ1) is 12.8. The van der Waals surface area contributed by atoms with Crippen molar-refractivity contribution in [3.63, 3.8) is 0 Å². The van der Waals surface area contributed by atoms with Crippen LogP contribution < -0.4 is 5.73 Å². The van der Waals surface area contributed by atoms with Crippen LogP contribution >= 0.6 is 0 Å². The Labute approximate surface area is 109 Å². The van der Waals surface area contributed by atoms with E-state index < -0.39 is 0 Å². The van der Waals surface area contributed by atoms with E-state index >= 15 is 0 Å². The van der Waals surface area contributed by atoms with E-state index in [0.717, 1.165) is 17.8 Å². The molecule has 1 heterocycles. The molecule has 1 aromatic heterocycles. The Balaban J connectivity index is 2.48. The van der Waals surface area contributed by atoms with Gasteiger partial charge in [-0.2, -0.15) is 5.10 Å². The molecule has 96 valence electrons. The summed E-state index contributed by atoms with van der Waals surface area (Å²) < 4.78 is 2.00. The number of hydrogen-bond acceptors (Lipinski definition) is 2. The Morgan fingerprint density at radius 1 is 1.28 bits per heavy atom. The van der Waals surface area contributed by atoms with Crippen LogP contribution in [0.3, 0.4) is 0 Å². The molecule has 0 amide bonds. The minimum Gasteiger partial charge on any atom is -0.324 e. The zero-order valence-electron chi connectivity index (χ0n) is 11.6. The van der Waals surface area contributed by atoms with E-state index in [2.05, 4.69) is 44.1 Å². The quantitative estimate of drug-likeness (QED) is 0.899. The third kappa shape index (κ3) is 2.18. The van der Waals surface area contributed by atoms with E-state index in [1.807, 2.05) is 17.7 Å². The van der Waals surface area contributed by atoms with Crippen molar-refractivity contribution in [2.24, 2.45) is 5.73 Å². The number of aryl methyl sites for hydroxylation is 1. The molecule has 0 saturated carbocycles. The van der Waals surface area contributed by atoms with Gasteiger partial charge in [0.25, 0.3) is 0 Å². The summed E-state index contributed by atoms with van der Waals surface area (Å²) in [5.41, 5.74) is 11.9. The predicted octanol–water partition coefficient (Wildman–Crippen LogP) is 3.21. The van der Waals surface area contributed by atoms with Gasteiger partial charge in [-0.25, -0.2) is 4.68 Å². The van der Waals surface area contributed by atoms with Crippen LogP contribution in [0.25, 0.3) is 5.69 Å². The average Bonchev–Trinajstić information content (AvgIpc) is 2.66. The van der Waals surface area contributed by atoms with Gasteiger partial charge in [-0.15, -0.1) is 0 Å². The second-order valence-corrected chi connectivity index (χ2v) is 4.82. The van der Waals surface area contributed by atoms with Crippen molar-refractivity contribution < 1.29 is 0 Å². The van der Waals surface area contributed by atoms with Gasteiger partial charge in [-0.3, -0.25) is 0 Å². The van der Waals surface area contributed by atoms with Gasteiger partial charge in [-0.1, -0.05) is 19.1 Å². The topological polar surface area (TPSA) is 43.8 Å². The van der Waals surface area contributed by atoms with Crippen molar-refractivity contribution in [3.8, 4) is 5.69 Å². The second kappa shape index (κ2) is 4.94. The van der Waals surface area contributed by atoms with Crippen molar-refractivity contribution in [2.45, 2.75) is 40.2 Å². The summed E-state index contributed by atoms with van der Waals surface area (Å²) in [6, 6.07) is 8.43.